The third-order valence-corrected chi connectivity index (χ3v) is 3.54. The number of anilines is 1. The molecule has 0 aliphatic carbocycles. The van der Waals surface area contributed by atoms with Gasteiger partial charge in [-0.1, -0.05) is 45.4 Å². The monoisotopic (exact) mass is 258 g/mol. The van der Waals surface area contributed by atoms with Gasteiger partial charge in [-0.25, -0.2) is 4.98 Å². The molecule has 0 radical (unpaired) electrons. The van der Waals surface area contributed by atoms with Gasteiger partial charge in [0, 0.05) is 18.9 Å². The molecule has 1 unspecified atom stereocenters. The van der Waals surface area contributed by atoms with E-state index in [1.165, 1.54) is 19.3 Å². The number of rotatable bonds is 8. The molecule has 0 saturated heterocycles. The lowest BCUT2D eigenvalue weighted by atomic mass is 10.0. The Labute approximate surface area is 117 Å². The Bertz CT molecular complexity index is 395. The SMILES string of the molecule is C=C/C(=C\CCCC(C)CC)N(C)c1ccccn1. The molecule has 0 bridgehead atoms. The van der Waals surface area contributed by atoms with Crippen LogP contribution in [0, 0.1) is 5.92 Å². The fourth-order valence-corrected chi connectivity index (χ4v) is 1.96. The fraction of sp³-hybridized carbons (Fsp3) is 0.471. The summed E-state index contributed by atoms with van der Waals surface area (Å²) in [6.07, 6.45) is 10.9. The molecule has 0 saturated carbocycles. The van der Waals surface area contributed by atoms with Crippen molar-refractivity contribution in [2.24, 2.45) is 5.92 Å². The van der Waals surface area contributed by atoms with Gasteiger partial charge in [0.25, 0.3) is 0 Å². The van der Waals surface area contributed by atoms with Crippen molar-refractivity contribution in [2.45, 2.75) is 39.5 Å². The van der Waals surface area contributed by atoms with Crippen molar-refractivity contribution in [2.75, 3.05) is 11.9 Å². The topological polar surface area (TPSA) is 16.1 Å². The first-order valence-corrected chi connectivity index (χ1v) is 7.16. The summed E-state index contributed by atoms with van der Waals surface area (Å²) in [5, 5.41) is 0. The zero-order valence-electron chi connectivity index (χ0n) is 12.5. The van der Waals surface area contributed by atoms with E-state index in [-0.39, 0.29) is 0 Å². The van der Waals surface area contributed by atoms with Crippen molar-refractivity contribution in [3.63, 3.8) is 0 Å². The highest BCUT2D eigenvalue weighted by Gasteiger charge is 2.04. The first kappa shape index (κ1) is 15.5. The predicted octanol–water partition coefficient (Wildman–Crippen LogP) is 4.80. The Hall–Kier alpha value is -1.57. The van der Waals surface area contributed by atoms with Crippen molar-refractivity contribution in [1.82, 2.24) is 4.98 Å². The van der Waals surface area contributed by atoms with Crippen molar-refractivity contribution >= 4 is 5.82 Å². The van der Waals surface area contributed by atoms with E-state index in [2.05, 4.69) is 36.4 Å². The third-order valence-electron chi connectivity index (χ3n) is 3.54. The molecule has 1 heterocycles. The molecular formula is C17H26N2. The van der Waals surface area contributed by atoms with Gasteiger partial charge in [0.1, 0.15) is 5.82 Å². The molecular weight excluding hydrogens is 232 g/mol. The van der Waals surface area contributed by atoms with Crippen LogP contribution in [0.2, 0.25) is 0 Å². The second-order valence-corrected chi connectivity index (χ2v) is 5.02. The molecule has 2 nitrogen and oxygen atoms in total. The van der Waals surface area contributed by atoms with Crippen molar-refractivity contribution in [3.8, 4) is 0 Å². The minimum atomic E-state index is 0.828. The molecule has 19 heavy (non-hydrogen) atoms. The second kappa shape index (κ2) is 8.52. The predicted molar refractivity (Wildman–Crippen MR) is 84.2 cm³/mol. The number of nitrogens with zero attached hydrogens (tertiary/aromatic N) is 2. The molecule has 0 spiro atoms. The van der Waals surface area contributed by atoms with Crippen LogP contribution in [0.3, 0.4) is 0 Å². The average molecular weight is 258 g/mol. The van der Waals surface area contributed by atoms with Crippen LogP contribution < -0.4 is 4.90 Å². The number of hydrogen-bond acceptors (Lipinski definition) is 2. The Morgan fingerprint density at radius 1 is 1.47 bits per heavy atom. The molecule has 0 aromatic carbocycles. The molecule has 0 amide bonds. The van der Waals surface area contributed by atoms with Crippen molar-refractivity contribution in [1.29, 1.82) is 0 Å². The Morgan fingerprint density at radius 2 is 2.26 bits per heavy atom. The summed E-state index contributed by atoms with van der Waals surface area (Å²) in [5.74, 6) is 1.78. The molecule has 1 atom stereocenters. The van der Waals surface area contributed by atoms with Crippen LogP contribution in [0.4, 0.5) is 5.82 Å². The van der Waals surface area contributed by atoms with E-state index in [1.807, 2.05) is 37.5 Å². The first-order chi connectivity index (χ1) is 9.19. The highest BCUT2D eigenvalue weighted by Crippen LogP contribution is 2.17. The highest BCUT2D eigenvalue weighted by molar-refractivity contribution is 5.47. The number of aromatic nitrogens is 1. The molecule has 2 heteroatoms. The summed E-state index contributed by atoms with van der Waals surface area (Å²) in [6, 6.07) is 5.94. The summed E-state index contributed by atoms with van der Waals surface area (Å²) < 4.78 is 0. The smallest absolute Gasteiger partial charge is 0.132 e. The van der Waals surface area contributed by atoms with Crippen LogP contribution in [-0.2, 0) is 0 Å². The van der Waals surface area contributed by atoms with Crippen LogP contribution in [0.5, 0.6) is 0 Å². The zero-order chi connectivity index (χ0) is 14.1. The van der Waals surface area contributed by atoms with Gasteiger partial charge in [0.05, 0.1) is 0 Å². The lowest BCUT2D eigenvalue weighted by Gasteiger charge is -2.19. The normalized spacial score (nSPS) is 13.1. The van der Waals surface area contributed by atoms with Gasteiger partial charge < -0.3 is 4.90 Å². The number of unbranched alkanes of at least 4 members (excludes halogenated alkanes) is 1. The Morgan fingerprint density at radius 3 is 2.84 bits per heavy atom. The quantitative estimate of drug-likeness (QED) is 0.491. The van der Waals surface area contributed by atoms with Crippen molar-refractivity contribution < 1.29 is 0 Å². The molecule has 1 aromatic heterocycles. The highest BCUT2D eigenvalue weighted by atomic mass is 15.2. The molecule has 0 aliphatic rings. The van der Waals surface area contributed by atoms with Gasteiger partial charge in [-0.2, -0.15) is 0 Å². The van der Waals surface area contributed by atoms with Gasteiger partial charge >= 0.3 is 0 Å². The largest absolute Gasteiger partial charge is 0.330 e. The zero-order valence-corrected chi connectivity index (χ0v) is 12.5. The summed E-state index contributed by atoms with van der Waals surface area (Å²) in [7, 11) is 2.03. The molecule has 0 fully saturated rings. The Balaban J connectivity index is 2.55. The van der Waals surface area contributed by atoms with Gasteiger partial charge in [-0.15, -0.1) is 0 Å². The van der Waals surface area contributed by atoms with Crippen molar-refractivity contribution in [3.05, 3.63) is 48.8 Å². The Kier molecular flexibility index (Phi) is 6.94. The molecule has 1 rings (SSSR count). The van der Waals surface area contributed by atoms with Crippen LogP contribution >= 0.6 is 0 Å². The minimum Gasteiger partial charge on any atom is -0.330 e. The lowest BCUT2D eigenvalue weighted by molar-refractivity contribution is 0.498. The van der Waals surface area contributed by atoms with E-state index in [9.17, 15) is 0 Å². The lowest BCUT2D eigenvalue weighted by Crippen LogP contribution is -2.16. The molecule has 104 valence electrons. The van der Waals surface area contributed by atoms with Crippen LogP contribution in [0.25, 0.3) is 0 Å². The van der Waals surface area contributed by atoms with Gasteiger partial charge in [0.15, 0.2) is 0 Å². The van der Waals surface area contributed by atoms with E-state index in [4.69, 9.17) is 0 Å². The van der Waals surface area contributed by atoms with E-state index in [0.717, 1.165) is 23.9 Å². The summed E-state index contributed by atoms with van der Waals surface area (Å²) >= 11 is 0. The summed E-state index contributed by atoms with van der Waals surface area (Å²) in [6.45, 7) is 8.47. The molecule has 0 N–H and O–H groups in total. The minimum absolute atomic E-state index is 0.828. The van der Waals surface area contributed by atoms with Gasteiger partial charge in [-0.3, -0.25) is 0 Å². The number of likely N-dealkylation sites (N-methyl/N-ethyl adjacent to an activating group) is 1. The maximum atomic E-state index is 4.35. The average Bonchev–Trinajstić information content (AvgIpc) is 2.47. The van der Waals surface area contributed by atoms with E-state index >= 15 is 0 Å². The second-order valence-electron chi connectivity index (χ2n) is 5.02. The third kappa shape index (κ3) is 5.29. The number of allylic oxidation sites excluding steroid dienone is 2. The van der Waals surface area contributed by atoms with E-state index in [1.54, 1.807) is 0 Å². The number of pyridine rings is 1. The van der Waals surface area contributed by atoms with Crippen LogP contribution in [0.15, 0.2) is 48.8 Å². The fourth-order valence-electron chi connectivity index (χ4n) is 1.96. The van der Waals surface area contributed by atoms with Crippen LogP contribution in [0.1, 0.15) is 39.5 Å². The maximum absolute atomic E-state index is 4.35. The van der Waals surface area contributed by atoms with Gasteiger partial charge in [0.2, 0.25) is 0 Å². The van der Waals surface area contributed by atoms with E-state index < -0.39 is 0 Å². The van der Waals surface area contributed by atoms with E-state index in [0.29, 0.717) is 0 Å². The van der Waals surface area contributed by atoms with Crippen LogP contribution in [-0.4, -0.2) is 12.0 Å². The molecule has 1 aromatic rings. The summed E-state index contributed by atoms with van der Waals surface area (Å²) in [4.78, 5) is 6.43. The standard InChI is InChI=1S/C17H26N2/c1-5-15(3)11-7-8-12-16(6-2)19(4)17-13-9-10-14-18-17/h6,9-10,12-15H,2,5,7-8,11H2,1,3-4H3/b16-12+. The summed E-state index contributed by atoms with van der Waals surface area (Å²) in [5.41, 5.74) is 1.13. The molecule has 0 aliphatic heterocycles. The first-order valence-electron chi connectivity index (χ1n) is 7.16. The van der Waals surface area contributed by atoms with Gasteiger partial charge in [-0.05, 0) is 37.0 Å². The maximum Gasteiger partial charge on any atom is 0.132 e. The number of hydrogen-bond donors (Lipinski definition) is 0.